The van der Waals surface area contributed by atoms with E-state index >= 15 is 4.39 Å². The van der Waals surface area contributed by atoms with Crippen molar-refractivity contribution in [3.8, 4) is 0 Å². The van der Waals surface area contributed by atoms with E-state index in [1.807, 2.05) is 0 Å². The zero-order valence-electron chi connectivity index (χ0n) is 24.0. The van der Waals surface area contributed by atoms with Gasteiger partial charge in [-0.25, -0.2) is 24.3 Å². The Kier molecular flexibility index (Phi) is 7.92. The van der Waals surface area contributed by atoms with Crippen molar-refractivity contribution in [1.82, 2.24) is 39.0 Å². The Hall–Kier alpha value is -3.47. The molecule has 2 bridgehead atoms. The summed E-state index contributed by atoms with van der Waals surface area (Å²) in [6, 6.07) is 0. The van der Waals surface area contributed by atoms with E-state index in [1.54, 1.807) is 4.57 Å². The molecule has 3 aliphatic rings. The van der Waals surface area contributed by atoms with Gasteiger partial charge in [0, 0.05) is 13.5 Å². The number of nitrogens with two attached hydrogens (primary N) is 2. The number of anilines is 2. The highest BCUT2D eigenvalue weighted by molar-refractivity contribution is 7.46. The molecule has 0 saturated carbocycles. The molecule has 0 spiro atoms. The molecule has 3 fully saturated rings. The number of rotatable bonds is 11. The smallest absolute Gasteiger partial charge is 0.280 e. The lowest BCUT2D eigenvalue weighted by atomic mass is 10.0. The number of halogens is 1. The highest BCUT2D eigenvalue weighted by atomic mass is 31.2. The molecule has 0 aromatic carbocycles. The molecular weight excluding hydrogens is 677 g/mol. The maximum Gasteiger partial charge on any atom is 0.280 e. The predicted molar refractivity (Wildman–Crippen MR) is 147 cm³/mol. The lowest BCUT2D eigenvalue weighted by molar-refractivity contribution is -0.243. The van der Waals surface area contributed by atoms with Gasteiger partial charge in [0.15, 0.2) is 41.3 Å². The van der Waals surface area contributed by atoms with Crippen LogP contribution in [0.2, 0.25) is 0 Å². The first kappa shape index (κ1) is 32.1. The van der Waals surface area contributed by atoms with Crippen LogP contribution >= 0.6 is 15.6 Å². The molecule has 7 rings (SSSR count). The van der Waals surface area contributed by atoms with Crippen LogP contribution in [0.15, 0.2) is 23.8 Å². The van der Waals surface area contributed by atoms with Crippen molar-refractivity contribution in [2.75, 3.05) is 38.4 Å². The van der Waals surface area contributed by atoms with Gasteiger partial charge in [0.05, 0.1) is 32.5 Å². The van der Waals surface area contributed by atoms with Crippen LogP contribution in [0.4, 0.5) is 16.2 Å². The molecule has 4 aromatic heterocycles. The Labute approximate surface area is 261 Å². The second kappa shape index (κ2) is 11.6. The van der Waals surface area contributed by atoms with Gasteiger partial charge in [-0.2, -0.15) is 4.98 Å². The van der Waals surface area contributed by atoms with Crippen molar-refractivity contribution in [1.29, 1.82) is 0 Å². The van der Waals surface area contributed by atoms with Gasteiger partial charge in [-0.1, -0.05) is 0 Å². The quantitative estimate of drug-likeness (QED) is 0.148. The van der Waals surface area contributed by atoms with E-state index in [0.29, 0.717) is 11.2 Å². The van der Waals surface area contributed by atoms with E-state index in [0.717, 1.165) is 18.0 Å². The Bertz CT molecular complexity index is 1990. The van der Waals surface area contributed by atoms with Crippen LogP contribution in [0, 0.1) is 0 Å². The number of alkyl halides is 1. The highest BCUT2D eigenvalue weighted by Gasteiger charge is 2.56. The number of hydrogen-bond donors (Lipinski definition) is 3. The summed E-state index contributed by atoms with van der Waals surface area (Å²) in [4.78, 5) is 59.7. The maximum atomic E-state index is 15.8. The lowest BCUT2D eigenvalue weighted by Gasteiger charge is -2.34. The van der Waals surface area contributed by atoms with Crippen LogP contribution in [0.3, 0.4) is 0 Å². The van der Waals surface area contributed by atoms with Crippen molar-refractivity contribution in [3.05, 3.63) is 29.3 Å². The SMILES string of the molecule is COP(=O)([O-])OC[C@H]1O[C@@H](n2cnc3c(=O)[nH]c(N)nc32)[C@H](OP(=O)([O-])OC[C@]23CO[C@H](C2)[C@H](n2cnc4c(N)ncnc42)O3)[C@@H]1F. The number of nitrogens with zero attached hydrogens (tertiary/aromatic N) is 7. The first-order valence-corrected chi connectivity index (χ1v) is 16.6. The predicted octanol–water partition coefficient (Wildman–Crippen LogP) is -1.58. The minimum atomic E-state index is -5.39. The summed E-state index contributed by atoms with van der Waals surface area (Å²) in [6.07, 6.45) is -5.06. The van der Waals surface area contributed by atoms with E-state index in [2.05, 4.69) is 39.0 Å². The average molecular weight is 702 g/mol. The second-order valence-corrected chi connectivity index (χ2v) is 13.7. The molecule has 0 aliphatic carbocycles. The van der Waals surface area contributed by atoms with Crippen molar-refractivity contribution in [2.24, 2.45) is 0 Å². The molecular formula is C22H25FN10O12P2-2. The van der Waals surface area contributed by atoms with E-state index in [-0.39, 0.29) is 36.0 Å². The number of aromatic nitrogens is 8. The number of nitrogen functional groups attached to an aromatic ring is 2. The van der Waals surface area contributed by atoms with Gasteiger partial charge in [-0.3, -0.25) is 28.0 Å². The molecule has 22 nitrogen and oxygen atoms in total. The van der Waals surface area contributed by atoms with Crippen LogP contribution < -0.4 is 26.8 Å². The molecule has 0 radical (unpaired) electrons. The van der Waals surface area contributed by atoms with Crippen molar-refractivity contribution < 1.29 is 55.6 Å². The first-order chi connectivity index (χ1) is 22.3. The number of hydrogen-bond acceptors (Lipinski definition) is 19. The van der Waals surface area contributed by atoms with Crippen LogP contribution in [0.5, 0.6) is 0 Å². The van der Waals surface area contributed by atoms with Gasteiger partial charge in [-0.15, -0.1) is 0 Å². The number of ether oxygens (including phenoxy) is 3. The first-order valence-electron chi connectivity index (χ1n) is 13.7. The summed E-state index contributed by atoms with van der Waals surface area (Å²) in [5.41, 5.74) is 9.81. The van der Waals surface area contributed by atoms with Gasteiger partial charge in [0.25, 0.3) is 21.2 Å². The third kappa shape index (κ3) is 5.82. The summed E-state index contributed by atoms with van der Waals surface area (Å²) in [7, 11) is -9.39. The normalized spacial score (nSPS) is 31.5. The van der Waals surface area contributed by atoms with Gasteiger partial charge in [0.2, 0.25) is 5.95 Å². The summed E-state index contributed by atoms with van der Waals surface area (Å²) < 4.78 is 80.2. The largest absolute Gasteiger partial charge is 0.756 e. The van der Waals surface area contributed by atoms with Gasteiger partial charge in [-0.05, 0) is 0 Å². The molecule has 254 valence electrons. The third-order valence-electron chi connectivity index (χ3n) is 7.83. The van der Waals surface area contributed by atoms with E-state index in [9.17, 15) is 23.7 Å². The number of fused-ring (bicyclic) bond motifs is 4. The number of aromatic amines is 1. The number of H-pyrrole nitrogens is 1. The fraction of sp³-hybridized carbons (Fsp3) is 0.545. The van der Waals surface area contributed by atoms with Crippen molar-refractivity contribution in [3.63, 3.8) is 0 Å². The number of phosphoric acid groups is 2. The topological polar surface area (TPSA) is 304 Å². The Morgan fingerprint density at radius 3 is 2.60 bits per heavy atom. The van der Waals surface area contributed by atoms with Crippen LogP contribution in [0.1, 0.15) is 18.9 Å². The monoisotopic (exact) mass is 702 g/mol. The third-order valence-corrected chi connectivity index (χ3v) is 9.69. The summed E-state index contributed by atoms with van der Waals surface area (Å²) in [5, 5.41) is 0. The molecule has 5 N–H and O–H groups in total. The molecule has 3 aliphatic heterocycles. The lowest BCUT2D eigenvalue weighted by Crippen LogP contribution is -2.40. The minimum Gasteiger partial charge on any atom is -0.756 e. The zero-order valence-corrected chi connectivity index (χ0v) is 25.8. The van der Waals surface area contributed by atoms with Crippen molar-refractivity contribution >= 4 is 49.7 Å². The van der Waals surface area contributed by atoms with E-state index < -0.39 is 77.0 Å². The molecule has 0 amide bonds. The highest BCUT2D eigenvalue weighted by Crippen LogP contribution is 2.51. The molecule has 9 atom stereocenters. The van der Waals surface area contributed by atoms with Gasteiger partial charge < -0.3 is 53.6 Å². The number of phosphoric ester groups is 2. The summed E-state index contributed by atoms with van der Waals surface area (Å²) >= 11 is 0. The van der Waals surface area contributed by atoms with E-state index in [4.69, 9.17) is 34.7 Å². The van der Waals surface area contributed by atoms with Crippen molar-refractivity contribution in [2.45, 2.75) is 49.0 Å². The Morgan fingerprint density at radius 1 is 1.09 bits per heavy atom. The summed E-state index contributed by atoms with van der Waals surface area (Å²) in [5.74, 6) is -0.169. The minimum absolute atomic E-state index is 0.0321. The van der Waals surface area contributed by atoms with Crippen LogP contribution in [-0.4, -0.2) is 96.1 Å². The molecule has 47 heavy (non-hydrogen) atoms. The van der Waals surface area contributed by atoms with Gasteiger partial charge >= 0.3 is 0 Å². The summed E-state index contributed by atoms with van der Waals surface area (Å²) in [6.45, 7) is -1.54. The fourth-order valence-corrected chi connectivity index (χ4v) is 7.06. The number of nitrogens with one attached hydrogen (secondary N) is 1. The maximum absolute atomic E-state index is 15.8. The standard InChI is InChI=1S/C22H27FN10O12P2/c1-39-46(35,36)41-3-10-11(23)14(20(43-10)33-8-29-13-17(33)30-21(25)31-18(13)34)45-47(37,38)42-5-22-2-9(40-4-22)19(44-22)32-7-28-12-15(24)26-6-27-16(12)32/h6-11,14,19-20H,2-5H2,1H3,(H,35,36)(H,37,38)(H2,24,26,27)(H3,25,30,31,34)/p-2/t9-,10-,11-,14-,19-,20-,22-/m1/s1. The molecule has 25 heteroatoms. The second-order valence-electron chi connectivity index (χ2n) is 10.8. The molecule has 7 heterocycles. The fourth-order valence-electron chi connectivity index (χ4n) is 5.66. The molecule has 2 unspecified atom stereocenters. The van der Waals surface area contributed by atoms with Gasteiger partial charge in [0.1, 0.15) is 35.8 Å². The average Bonchev–Trinajstić information content (AvgIpc) is 3.85. The van der Waals surface area contributed by atoms with Crippen LogP contribution in [-0.2, 0) is 41.4 Å². The number of imidazole rings is 2. The zero-order chi connectivity index (χ0) is 33.3. The molecule has 3 saturated heterocycles. The van der Waals surface area contributed by atoms with Crippen LogP contribution in [0.25, 0.3) is 22.3 Å². The van der Waals surface area contributed by atoms with E-state index in [1.165, 1.54) is 12.7 Å². The Morgan fingerprint density at radius 2 is 1.83 bits per heavy atom. The molecule has 4 aromatic rings. The Balaban J connectivity index is 1.10.